The molecule has 0 aromatic rings. The number of hydrogen-bond donors (Lipinski definition) is 2. The lowest BCUT2D eigenvalue weighted by molar-refractivity contribution is -0.148. The number of piperidine rings is 1. The van der Waals surface area contributed by atoms with Crippen LogP contribution in [0.15, 0.2) is 0 Å². The number of urea groups is 1. The van der Waals surface area contributed by atoms with Crippen molar-refractivity contribution in [2.75, 3.05) is 40.8 Å². The fraction of sp³-hybridized carbons (Fsp3) is 0.769. The van der Waals surface area contributed by atoms with Gasteiger partial charge in [0.2, 0.25) is 5.91 Å². The van der Waals surface area contributed by atoms with Crippen molar-refractivity contribution in [2.45, 2.75) is 18.9 Å². The summed E-state index contributed by atoms with van der Waals surface area (Å²) in [6.07, 6.45) is 0.121. The predicted molar refractivity (Wildman–Crippen MR) is 74.8 cm³/mol. The van der Waals surface area contributed by atoms with Gasteiger partial charge in [0.15, 0.2) is 6.10 Å². The standard InChI is InChI=1S/C13H23N3O5/c1-15(2)13(20)16-6-4-9(5-7-16)11(17)14-8-10(21-3)12(18)19/h9-10H,4-8H2,1-3H3,(H,14,17)(H,18,19). The van der Waals surface area contributed by atoms with E-state index in [1.54, 1.807) is 19.0 Å². The van der Waals surface area contributed by atoms with E-state index in [0.29, 0.717) is 25.9 Å². The average Bonchev–Trinajstić information content (AvgIpc) is 2.46. The van der Waals surface area contributed by atoms with E-state index in [4.69, 9.17) is 9.84 Å². The summed E-state index contributed by atoms with van der Waals surface area (Å²) >= 11 is 0. The van der Waals surface area contributed by atoms with Crippen LogP contribution in [0.5, 0.6) is 0 Å². The number of rotatable bonds is 5. The number of methoxy groups -OCH3 is 1. The van der Waals surface area contributed by atoms with Crippen molar-refractivity contribution in [3.63, 3.8) is 0 Å². The van der Waals surface area contributed by atoms with Crippen LogP contribution in [0.2, 0.25) is 0 Å². The quantitative estimate of drug-likeness (QED) is 0.719. The third kappa shape index (κ3) is 4.89. The number of nitrogens with one attached hydrogen (secondary N) is 1. The summed E-state index contributed by atoms with van der Waals surface area (Å²) in [5.74, 6) is -1.48. The van der Waals surface area contributed by atoms with Gasteiger partial charge in [0.25, 0.3) is 0 Å². The number of carboxylic acid groups (broad SMARTS) is 1. The highest BCUT2D eigenvalue weighted by Crippen LogP contribution is 2.18. The van der Waals surface area contributed by atoms with Gasteiger partial charge in [-0.15, -0.1) is 0 Å². The van der Waals surface area contributed by atoms with E-state index in [1.807, 2.05) is 0 Å². The fourth-order valence-electron chi connectivity index (χ4n) is 2.22. The second kappa shape index (κ2) is 7.82. The molecule has 0 saturated carbocycles. The Kier molecular flexibility index (Phi) is 6.41. The van der Waals surface area contributed by atoms with Gasteiger partial charge < -0.3 is 25.0 Å². The number of carbonyl (C=O) groups excluding carboxylic acids is 2. The molecule has 1 heterocycles. The summed E-state index contributed by atoms with van der Waals surface area (Å²) in [7, 11) is 4.67. The number of ether oxygens (including phenoxy) is 1. The molecule has 1 atom stereocenters. The Morgan fingerprint density at radius 2 is 1.90 bits per heavy atom. The van der Waals surface area contributed by atoms with Crippen LogP contribution in [0.4, 0.5) is 4.79 Å². The summed E-state index contributed by atoms with van der Waals surface area (Å²) in [6.45, 7) is 1.00. The van der Waals surface area contributed by atoms with Crippen LogP contribution in [-0.4, -0.2) is 79.8 Å². The van der Waals surface area contributed by atoms with E-state index in [2.05, 4.69) is 5.32 Å². The van der Waals surface area contributed by atoms with E-state index in [0.717, 1.165) is 0 Å². The monoisotopic (exact) mass is 301 g/mol. The lowest BCUT2D eigenvalue weighted by Gasteiger charge is -2.33. The SMILES string of the molecule is COC(CNC(=O)C1CCN(C(=O)N(C)C)CC1)C(=O)O. The molecule has 1 rings (SSSR count). The zero-order chi connectivity index (χ0) is 16.0. The zero-order valence-electron chi connectivity index (χ0n) is 12.7. The van der Waals surface area contributed by atoms with Crippen LogP contribution in [-0.2, 0) is 14.3 Å². The molecule has 8 heteroatoms. The maximum absolute atomic E-state index is 12.0. The molecule has 0 aromatic heterocycles. The fourth-order valence-corrected chi connectivity index (χ4v) is 2.22. The Balaban J connectivity index is 2.38. The molecular formula is C13H23N3O5. The highest BCUT2D eigenvalue weighted by atomic mass is 16.5. The molecule has 1 aliphatic rings. The first kappa shape index (κ1) is 17.2. The smallest absolute Gasteiger partial charge is 0.334 e. The van der Waals surface area contributed by atoms with Crippen molar-refractivity contribution in [1.82, 2.24) is 15.1 Å². The number of carboxylic acids is 1. The maximum Gasteiger partial charge on any atom is 0.334 e. The number of nitrogens with zero attached hydrogens (tertiary/aromatic N) is 2. The highest BCUT2D eigenvalue weighted by Gasteiger charge is 2.28. The molecule has 2 N–H and O–H groups in total. The van der Waals surface area contributed by atoms with E-state index < -0.39 is 12.1 Å². The van der Waals surface area contributed by atoms with Gasteiger partial charge in [-0.2, -0.15) is 0 Å². The minimum atomic E-state index is -1.11. The Morgan fingerprint density at radius 3 is 2.33 bits per heavy atom. The van der Waals surface area contributed by atoms with E-state index in [9.17, 15) is 14.4 Å². The van der Waals surface area contributed by atoms with Gasteiger partial charge in [-0.3, -0.25) is 4.79 Å². The summed E-state index contributed by atoms with van der Waals surface area (Å²) in [6, 6.07) is -0.0563. The molecule has 1 aliphatic heterocycles. The van der Waals surface area contributed by atoms with Crippen molar-refractivity contribution in [3.8, 4) is 0 Å². The summed E-state index contributed by atoms with van der Waals surface area (Å²) in [5, 5.41) is 11.4. The molecule has 3 amide bonds. The van der Waals surface area contributed by atoms with E-state index in [-0.39, 0.29) is 24.4 Å². The van der Waals surface area contributed by atoms with Gasteiger partial charge in [-0.1, -0.05) is 0 Å². The normalized spacial score (nSPS) is 17.2. The Labute approximate surface area is 124 Å². The van der Waals surface area contributed by atoms with E-state index in [1.165, 1.54) is 12.0 Å². The average molecular weight is 301 g/mol. The number of carbonyl (C=O) groups is 3. The van der Waals surface area contributed by atoms with Crippen molar-refractivity contribution in [1.29, 1.82) is 0 Å². The molecule has 0 aliphatic carbocycles. The van der Waals surface area contributed by atoms with Crippen LogP contribution in [0.25, 0.3) is 0 Å². The Hall–Kier alpha value is -1.83. The second-order valence-corrected chi connectivity index (χ2v) is 5.25. The lowest BCUT2D eigenvalue weighted by atomic mass is 9.96. The van der Waals surface area contributed by atoms with Crippen LogP contribution in [0, 0.1) is 5.92 Å². The van der Waals surface area contributed by atoms with Crippen molar-refractivity contribution < 1.29 is 24.2 Å². The van der Waals surface area contributed by atoms with Crippen LogP contribution >= 0.6 is 0 Å². The molecule has 0 bridgehead atoms. The minimum Gasteiger partial charge on any atom is -0.479 e. The third-order valence-electron chi connectivity index (χ3n) is 3.54. The topological polar surface area (TPSA) is 99.2 Å². The molecule has 1 fully saturated rings. The number of amides is 3. The predicted octanol–water partition coefficient (Wildman–Crippen LogP) is -0.404. The van der Waals surface area contributed by atoms with Crippen LogP contribution in [0.1, 0.15) is 12.8 Å². The number of aliphatic carboxylic acids is 1. The molecule has 21 heavy (non-hydrogen) atoms. The summed E-state index contributed by atoms with van der Waals surface area (Å²) in [4.78, 5) is 37.7. The van der Waals surface area contributed by atoms with Gasteiger partial charge in [0, 0.05) is 40.2 Å². The number of hydrogen-bond acceptors (Lipinski definition) is 4. The molecule has 0 spiro atoms. The molecule has 120 valence electrons. The largest absolute Gasteiger partial charge is 0.479 e. The van der Waals surface area contributed by atoms with Gasteiger partial charge in [0.05, 0.1) is 6.54 Å². The molecule has 8 nitrogen and oxygen atoms in total. The molecular weight excluding hydrogens is 278 g/mol. The van der Waals surface area contributed by atoms with Gasteiger partial charge in [-0.05, 0) is 12.8 Å². The molecule has 0 radical (unpaired) electrons. The summed E-state index contributed by atoms with van der Waals surface area (Å²) < 4.78 is 4.75. The Bertz CT molecular complexity index is 391. The first-order valence-electron chi connectivity index (χ1n) is 6.86. The van der Waals surface area contributed by atoms with Gasteiger partial charge in [0.1, 0.15) is 0 Å². The third-order valence-corrected chi connectivity index (χ3v) is 3.54. The zero-order valence-corrected chi connectivity index (χ0v) is 12.7. The van der Waals surface area contributed by atoms with Crippen LogP contribution < -0.4 is 5.32 Å². The minimum absolute atomic E-state index is 0.0541. The van der Waals surface area contributed by atoms with E-state index >= 15 is 0 Å². The van der Waals surface area contributed by atoms with Gasteiger partial charge in [-0.25, -0.2) is 9.59 Å². The molecule has 1 saturated heterocycles. The highest BCUT2D eigenvalue weighted by molar-refractivity contribution is 5.80. The van der Waals surface area contributed by atoms with Crippen molar-refractivity contribution in [3.05, 3.63) is 0 Å². The molecule has 0 aromatic carbocycles. The van der Waals surface area contributed by atoms with Crippen molar-refractivity contribution in [2.24, 2.45) is 5.92 Å². The first-order chi connectivity index (χ1) is 9.86. The second-order valence-electron chi connectivity index (χ2n) is 5.25. The van der Waals surface area contributed by atoms with Crippen LogP contribution in [0.3, 0.4) is 0 Å². The Morgan fingerprint density at radius 1 is 1.33 bits per heavy atom. The van der Waals surface area contributed by atoms with Crippen molar-refractivity contribution >= 4 is 17.9 Å². The lowest BCUT2D eigenvalue weighted by Crippen LogP contribution is -2.47. The summed E-state index contributed by atoms with van der Waals surface area (Å²) in [5.41, 5.74) is 0. The maximum atomic E-state index is 12.0. The number of likely N-dealkylation sites (tertiary alicyclic amines) is 1. The first-order valence-corrected chi connectivity index (χ1v) is 6.86. The van der Waals surface area contributed by atoms with Gasteiger partial charge >= 0.3 is 12.0 Å². The molecule has 1 unspecified atom stereocenters.